The number of halogens is 1. The molecule has 0 aliphatic carbocycles. The minimum atomic E-state index is -0.199. The zero-order valence-corrected chi connectivity index (χ0v) is 14.8. The molecule has 5 heteroatoms. The average Bonchev–Trinajstić information content (AvgIpc) is 3.05. The third-order valence-corrected chi connectivity index (χ3v) is 5.05. The number of carbonyl (C=O) groups excluding carboxylic acids is 1. The Morgan fingerprint density at radius 3 is 2.52 bits per heavy atom. The van der Waals surface area contributed by atoms with Crippen molar-refractivity contribution in [2.24, 2.45) is 0 Å². The van der Waals surface area contributed by atoms with Crippen LogP contribution in [0.25, 0.3) is 0 Å². The molecule has 1 atom stereocenters. The molecule has 1 aliphatic rings. The molecule has 2 aromatic rings. The molecule has 1 saturated heterocycles. The molecule has 1 amide bonds. The smallest absolute Gasteiger partial charge is 0.255 e. The summed E-state index contributed by atoms with van der Waals surface area (Å²) in [4.78, 5) is 14.7. The van der Waals surface area contributed by atoms with Crippen molar-refractivity contribution >= 4 is 5.91 Å². The first kappa shape index (κ1) is 17.7. The van der Waals surface area contributed by atoms with Crippen LogP contribution in [0, 0.1) is 12.7 Å². The zero-order valence-electron chi connectivity index (χ0n) is 14.8. The molecule has 25 heavy (non-hydrogen) atoms. The summed E-state index contributed by atoms with van der Waals surface area (Å²) in [6.45, 7) is 5.80. The Morgan fingerprint density at radius 2 is 1.96 bits per heavy atom. The summed E-state index contributed by atoms with van der Waals surface area (Å²) in [6.07, 6.45) is 4.36. The van der Waals surface area contributed by atoms with Gasteiger partial charge in [-0.15, -0.1) is 0 Å². The van der Waals surface area contributed by atoms with E-state index in [0.717, 1.165) is 37.9 Å². The highest BCUT2D eigenvalue weighted by Gasteiger charge is 2.26. The van der Waals surface area contributed by atoms with Crippen molar-refractivity contribution in [3.8, 4) is 0 Å². The fourth-order valence-electron chi connectivity index (χ4n) is 3.63. The highest BCUT2D eigenvalue weighted by Crippen LogP contribution is 2.27. The van der Waals surface area contributed by atoms with E-state index in [9.17, 15) is 9.18 Å². The van der Waals surface area contributed by atoms with E-state index >= 15 is 0 Å². The van der Waals surface area contributed by atoms with Gasteiger partial charge in [0.15, 0.2) is 0 Å². The number of likely N-dealkylation sites (tertiary alicyclic amines) is 1. The van der Waals surface area contributed by atoms with Crippen molar-refractivity contribution in [1.82, 2.24) is 10.2 Å². The fourth-order valence-corrected chi connectivity index (χ4v) is 3.63. The molecule has 1 fully saturated rings. The topological polar surface area (TPSA) is 45.5 Å². The van der Waals surface area contributed by atoms with Crippen molar-refractivity contribution in [2.45, 2.75) is 45.2 Å². The number of piperidine rings is 1. The number of carbonyl (C=O) groups is 1. The van der Waals surface area contributed by atoms with Crippen LogP contribution in [0.4, 0.5) is 4.39 Å². The van der Waals surface area contributed by atoms with Crippen LogP contribution in [0.3, 0.4) is 0 Å². The number of hydrogen-bond acceptors (Lipinski definition) is 3. The molecule has 2 heterocycles. The summed E-state index contributed by atoms with van der Waals surface area (Å²) in [5, 5.41) is 3.11. The number of amides is 1. The summed E-state index contributed by atoms with van der Waals surface area (Å²) in [6, 6.07) is 8.99. The molecule has 1 aromatic heterocycles. The normalized spacial score (nSPS) is 17.4. The number of furan rings is 1. The SMILES string of the molecule is CCC(c1ccc(F)cc1)N1CCC(NC(=O)c2ccoc2C)CC1. The van der Waals surface area contributed by atoms with E-state index in [1.165, 1.54) is 12.1 Å². The van der Waals surface area contributed by atoms with Gasteiger partial charge in [-0.3, -0.25) is 9.69 Å². The molecule has 3 rings (SSSR count). The predicted octanol–water partition coefficient (Wildman–Crippen LogP) is 4.07. The number of nitrogens with one attached hydrogen (secondary N) is 1. The number of aryl methyl sites for hydroxylation is 1. The summed E-state index contributed by atoms with van der Waals surface area (Å²) in [5.41, 5.74) is 1.76. The summed E-state index contributed by atoms with van der Waals surface area (Å²) in [5.74, 6) is 0.391. The number of rotatable bonds is 5. The first-order valence-corrected chi connectivity index (χ1v) is 8.93. The van der Waals surface area contributed by atoms with Gasteiger partial charge in [-0.2, -0.15) is 0 Å². The molecule has 4 nitrogen and oxygen atoms in total. The van der Waals surface area contributed by atoms with Gasteiger partial charge in [-0.05, 0) is 49.9 Å². The lowest BCUT2D eigenvalue weighted by atomic mass is 9.97. The first-order chi connectivity index (χ1) is 12.1. The van der Waals surface area contributed by atoms with Crippen molar-refractivity contribution in [3.05, 3.63) is 59.3 Å². The quantitative estimate of drug-likeness (QED) is 0.889. The molecule has 1 aromatic carbocycles. The molecule has 0 saturated carbocycles. The van der Waals surface area contributed by atoms with E-state index in [0.29, 0.717) is 17.4 Å². The largest absolute Gasteiger partial charge is 0.469 e. The Hall–Kier alpha value is -2.14. The maximum absolute atomic E-state index is 13.2. The van der Waals surface area contributed by atoms with Crippen molar-refractivity contribution in [3.63, 3.8) is 0 Å². The monoisotopic (exact) mass is 344 g/mol. The van der Waals surface area contributed by atoms with Crippen LogP contribution in [0.5, 0.6) is 0 Å². The third kappa shape index (κ3) is 4.10. The standard InChI is InChI=1S/C20H25FN2O2/c1-3-19(15-4-6-16(21)7-5-15)23-11-8-17(9-12-23)22-20(24)18-10-13-25-14(18)2/h4-7,10,13,17,19H,3,8-9,11-12H2,1-2H3,(H,22,24). The molecular weight excluding hydrogens is 319 g/mol. The zero-order chi connectivity index (χ0) is 17.8. The van der Waals surface area contributed by atoms with Crippen LogP contribution in [0.2, 0.25) is 0 Å². The number of benzene rings is 1. The number of nitrogens with zero attached hydrogens (tertiary/aromatic N) is 1. The van der Waals surface area contributed by atoms with Crippen LogP contribution in [-0.2, 0) is 0 Å². The molecule has 0 bridgehead atoms. The maximum Gasteiger partial charge on any atom is 0.255 e. The van der Waals surface area contributed by atoms with E-state index < -0.39 is 0 Å². The highest BCUT2D eigenvalue weighted by molar-refractivity contribution is 5.95. The second-order valence-corrected chi connectivity index (χ2v) is 6.65. The third-order valence-electron chi connectivity index (χ3n) is 5.05. The van der Waals surface area contributed by atoms with Gasteiger partial charge < -0.3 is 9.73 Å². The van der Waals surface area contributed by atoms with Crippen LogP contribution in [0.15, 0.2) is 41.0 Å². The maximum atomic E-state index is 13.2. The first-order valence-electron chi connectivity index (χ1n) is 8.93. The molecule has 1 N–H and O–H groups in total. The Morgan fingerprint density at radius 1 is 1.28 bits per heavy atom. The molecule has 134 valence electrons. The fraction of sp³-hybridized carbons (Fsp3) is 0.450. The molecule has 1 aliphatic heterocycles. The van der Waals surface area contributed by atoms with E-state index in [-0.39, 0.29) is 17.8 Å². The Labute approximate surface area is 148 Å². The Bertz CT molecular complexity index is 703. The van der Waals surface area contributed by atoms with Gasteiger partial charge in [0, 0.05) is 25.2 Å². The summed E-state index contributed by atoms with van der Waals surface area (Å²) < 4.78 is 18.4. The molecule has 0 radical (unpaired) electrons. The lowest BCUT2D eigenvalue weighted by Gasteiger charge is -2.37. The average molecular weight is 344 g/mol. The second kappa shape index (κ2) is 7.83. The lowest BCUT2D eigenvalue weighted by Crippen LogP contribution is -2.45. The Balaban J connectivity index is 1.56. The highest BCUT2D eigenvalue weighted by atomic mass is 19.1. The minimum Gasteiger partial charge on any atom is -0.469 e. The second-order valence-electron chi connectivity index (χ2n) is 6.65. The van der Waals surface area contributed by atoms with Gasteiger partial charge in [-0.25, -0.2) is 4.39 Å². The lowest BCUT2D eigenvalue weighted by molar-refractivity contribution is 0.0886. The molecule has 1 unspecified atom stereocenters. The van der Waals surface area contributed by atoms with Crippen LogP contribution in [-0.4, -0.2) is 29.9 Å². The Kier molecular flexibility index (Phi) is 5.53. The molecule has 0 spiro atoms. The van der Waals surface area contributed by atoms with E-state index in [1.807, 2.05) is 12.1 Å². The number of hydrogen-bond donors (Lipinski definition) is 1. The van der Waals surface area contributed by atoms with Gasteiger partial charge >= 0.3 is 0 Å². The van der Waals surface area contributed by atoms with Gasteiger partial charge in [0.2, 0.25) is 0 Å². The van der Waals surface area contributed by atoms with Gasteiger partial charge in [-0.1, -0.05) is 19.1 Å². The van der Waals surface area contributed by atoms with Crippen LogP contribution < -0.4 is 5.32 Å². The van der Waals surface area contributed by atoms with Crippen LogP contribution in [0.1, 0.15) is 53.9 Å². The van der Waals surface area contributed by atoms with Crippen molar-refractivity contribution < 1.29 is 13.6 Å². The molecular formula is C20H25FN2O2. The summed E-state index contributed by atoms with van der Waals surface area (Å²) >= 11 is 0. The van der Waals surface area contributed by atoms with E-state index in [4.69, 9.17) is 4.42 Å². The van der Waals surface area contributed by atoms with Crippen molar-refractivity contribution in [2.75, 3.05) is 13.1 Å². The predicted molar refractivity (Wildman–Crippen MR) is 94.9 cm³/mol. The van der Waals surface area contributed by atoms with Gasteiger partial charge in [0.25, 0.3) is 5.91 Å². The van der Waals surface area contributed by atoms with E-state index in [2.05, 4.69) is 17.1 Å². The van der Waals surface area contributed by atoms with Gasteiger partial charge in [0.1, 0.15) is 11.6 Å². The van der Waals surface area contributed by atoms with Crippen molar-refractivity contribution in [1.29, 1.82) is 0 Å². The summed E-state index contributed by atoms with van der Waals surface area (Å²) in [7, 11) is 0. The van der Waals surface area contributed by atoms with Crippen LogP contribution >= 0.6 is 0 Å². The van der Waals surface area contributed by atoms with E-state index in [1.54, 1.807) is 19.3 Å². The minimum absolute atomic E-state index is 0.0599. The van der Waals surface area contributed by atoms with Gasteiger partial charge in [0.05, 0.1) is 11.8 Å².